The first-order chi connectivity index (χ1) is 9.43. The zero-order valence-corrected chi connectivity index (χ0v) is 11.2. The van der Waals surface area contributed by atoms with Crippen LogP contribution in [-0.4, -0.2) is 19.5 Å². The van der Waals surface area contributed by atoms with Crippen LogP contribution < -0.4 is 5.73 Å². The third-order valence-corrected chi connectivity index (χ3v) is 4.87. The molecular formula is C14H13NO4S. The number of benzene rings is 2. The quantitative estimate of drug-likeness (QED) is 0.838. The molecule has 0 spiro atoms. The van der Waals surface area contributed by atoms with Crippen molar-refractivity contribution in [2.45, 2.75) is 10.1 Å². The highest BCUT2D eigenvalue weighted by Gasteiger charge is 2.35. The van der Waals surface area contributed by atoms with Crippen LogP contribution in [0.2, 0.25) is 0 Å². The molecule has 0 aliphatic heterocycles. The Bertz CT molecular complexity index is 709. The van der Waals surface area contributed by atoms with Crippen molar-refractivity contribution >= 4 is 21.5 Å². The topological polar surface area (TPSA) is 97.5 Å². The van der Waals surface area contributed by atoms with Gasteiger partial charge in [-0.15, -0.1) is 0 Å². The van der Waals surface area contributed by atoms with E-state index in [-0.39, 0.29) is 10.5 Å². The third-order valence-electron chi connectivity index (χ3n) is 2.85. The molecule has 0 saturated carbocycles. The summed E-state index contributed by atoms with van der Waals surface area (Å²) in [7, 11) is -4.03. The van der Waals surface area contributed by atoms with Crippen LogP contribution in [0.4, 0.5) is 5.69 Å². The highest BCUT2D eigenvalue weighted by Crippen LogP contribution is 2.29. The van der Waals surface area contributed by atoms with Gasteiger partial charge in [-0.1, -0.05) is 30.3 Å². The van der Waals surface area contributed by atoms with Crippen molar-refractivity contribution < 1.29 is 18.3 Å². The maximum absolute atomic E-state index is 12.5. The second kappa shape index (κ2) is 5.34. The second-order valence-electron chi connectivity index (χ2n) is 4.24. The van der Waals surface area contributed by atoms with Gasteiger partial charge in [0, 0.05) is 5.69 Å². The van der Waals surface area contributed by atoms with Gasteiger partial charge in [-0.2, -0.15) is 0 Å². The number of nitrogen functional groups attached to an aromatic ring is 1. The van der Waals surface area contributed by atoms with Crippen molar-refractivity contribution in [2.24, 2.45) is 0 Å². The lowest BCUT2D eigenvalue weighted by Crippen LogP contribution is -2.22. The Morgan fingerprint density at radius 1 is 1.00 bits per heavy atom. The van der Waals surface area contributed by atoms with Gasteiger partial charge in [0.1, 0.15) is 0 Å². The van der Waals surface area contributed by atoms with E-state index in [1.54, 1.807) is 18.2 Å². The van der Waals surface area contributed by atoms with Gasteiger partial charge in [-0.05, 0) is 29.8 Å². The predicted octanol–water partition coefficient (Wildman–Crippen LogP) is 1.87. The molecule has 1 atom stereocenters. The molecule has 5 nitrogen and oxygen atoms in total. The first kappa shape index (κ1) is 14.1. The fourth-order valence-corrected chi connectivity index (χ4v) is 3.44. The largest absolute Gasteiger partial charge is 0.480 e. The number of sulfone groups is 1. The molecule has 0 saturated heterocycles. The minimum absolute atomic E-state index is 0.0667. The summed E-state index contributed by atoms with van der Waals surface area (Å²) >= 11 is 0. The first-order valence-electron chi connectivity index (χ1n) is 5.80. The summed E-state index contributed by atoms with van der Waals surface area (Å²) in [5.41, 5.74) is 6.14. The van der Waals surface area contributed by atoms with Crippen LogP contribution >= 0.6 is 0 Å². The van der Waals surface area contributed by atoms with Gasteiger partial charge >= 0.3 is 5.97 Å². The lowest BCUT2D eigenvalue weighted by atomic mass is 10.1. The second-order valence-corrected chi connectivity index (χ2v) is 6.28. The normalized spacial score (nSPS) is 12.8. The number of rotatable bonds is 4. The molecule has 0 aliphatic carbocycles. The summed E-state index contributed by atoms with van der Waals surface area (Å²) in [5.74, 6) is -1.41. The van der Waals surface area contributed by atoms with Crippen molar-refractivity contribution in [3.05, 3.63) is 60.2 Å². The average Bonchev–Trinajstić information content (AvgIpc) is 2.39. The Morgan fingerprint density at radius 3 is 2.05 bits per heavy atom. The van der Waals surface area contributed by atoms with E-state index >= 15 is 0 Å². The summed E-state index contributed by atoms with van der Waals surface area (Å²) in [6.45, 7) is 0. The Labute approximate surface area is 116 Å². The van der Waals surface area contributed by atoms with Gasteiger partial charge in [-0.25, -0.2) is 8.42 Å². The van der Waals surface area contributed by atoms with Crippen LogP contribution in [0.5, 0.6) is 0 Å². The number of carbonyl (C=O) groups is 1. The zero-order valence-electron chi connectivity index (χ0n) is 10.4. The van der Waals surface area contributed by atoms with E-state index in [2.05, 4.69) is 0 Å². The summed E-state index contributed by atoms with van der Waals surface area (Å²) < 4.78 is 24.9. The fourth-order valence-electron chi connectivity index (χ4n) is 1.88. The van der Waals surface area contributed by atoms with Crippen molar-refractivity contribution in [3.8, 4) is 0 Å². The number of hydrogen-bond donors (Lipinski definition) is 2. The van der Waals surface area contributed by atoms with Crippen molar-refractivity contribution in [2.75, 3.05) is 5.73 Å². The average molecular weight is 291 g/mol. The molecule has 104 valence electrons. The molecule has 0 bridgehead atoms. The van der Waals surface area contributed by atoms with E-state index in [0.29, 0.717) is 5.69 Å². The van der Waals surface area contributed by atoms with Crippen molar-refractivity contribution in [1.82, 2.24) is 0 Å². The summed E-state index contributed by atoms with van der Waals surface area (Å²) in [4.78, 5) is 11.3. The highest BCUT2D eigenvalue weighted by molar-refractivity contribution is 7.92. The number of hydrogen-bond acceptors (Lipinski definition) is 4. The van der Waals surface area contributed by atoms with Crippen LogP contribution in [0.1, 0.15) is 10.8 Å². The van der Waals surface area contributed by atoms with Gasteiger partial charge in [-0.3, -0.25) is 4.79 Å². The van der Waals surface area contributed by atoms with E-state index in [1.165, 1.54) is 36.4 Å². The Morgan fingerprint density at radius 2 is 1.55 bits per heavy atom. The van der Waals surface area contributed by atoms with E-state index in [0.717, 1.165) is 0 Å². The molecule has 20 heavy (non-hydrogen) atoms. The predicted molar refractivity (Wildman–Crippen MR) is 74.9 cm³/mol. The smallest absolute Gasteiger partial charge is 0.326 e. The van der Waals surface area contributed by atoms with Crippen LogP contribution in [0.3, 0.4) is 0 Å². The van der Waals surface area contributed by atoms with Crippen LogP contribution in [0, 0.1) is 0 Å². The van der Waals surface area contributed by atoms with Gasteiger partial charge in [0.05, 0.1) is 4.90 Å². The molecule has 0 aromatic heterocycles. The summed E-state index contributed by atoms with van der Waals surface area (Å²) in [6.07, 6.45) is 0. The molecule has 2 aromatic rings. The lowest BCUT2D eigenvalue weighted by molar-refractivity contribution is -0.136. The minimum Gasteiger partial charge on any atom is -0.480 e. The number of carboxylic acid groups (broad SMARTS) is 1. The van der Waals surface area contributed by atoms with E-state index in [9.17, 15) is 18.3 Å². The van der Waals surface area contributed by atoms with E-state index in [4.69, 9.17) is 5.73 Å². The van der Waals surface area contributed by atoms with Gasteiger partial charge in [0.25, 0.3) is 0 Å². The highest BCUT2D eigenvalue weighted by atomic mass is 32.2. The molecule has 2 rings (SSSR count). The maximum Gasteiger partial charge on any atom is 0.326 e. The number of anilines is 1. The third kappa shape index (κ3) is 2.65. The van der Waals surface area contributed by atoms with Gasteiger partial charge in [0.15, 0.2) is 15.1 Å². The van der Waals surface area contributed by atoms with Crippen LogP contribution in [0.15, 0.2) is 59.5 Å². The fraction of sp³-hybridized carbons (Fsp3) is 0.0714. The lowest BCUT2D eigenvalue weighted by Gasteiger charge is -2.14. The molecule has 3 N–H and O–H groups in total. The molecule has 6 heteroatoms. The SMILES string of the molecule is Nc1ccc(S(=O)(=O)C(C(=O)O)c2ccccc2)cc1. The molecule has 0 radical (unpaired) electrons. The monoisotopic (exact) mass is 291 g/mol. The van der Waals surface area contributed by atoms with Crippen LogP contribution in [-0.2, 0) is 14.6 Å². The van der Waals surface area contributed by atoms with Crippen molar-refractivity contribution in [3.63, 3.8) is 0 Å². The standard InChI is InChI=1S/C14H13NO4S/c15-11-6-8-12(9-7-11)20(18,19)13(14(16)17)10-4-2-1-3-5-10/h1-9,13H,15H2,(H,16,17). The Balaban J connectivity index is 2.54. The molecule has 0 heterocycles. The van der Waals surface area contributed by atoms with E-state index in [1.807, 2.05) is 0 Å². The molecule has 0 aliphatic rings. The molecule has 1 unspecified atom stereocenters. The number of carboxylic acids is 1. The summed E-state index contributed by atoms with van der Waals surface area (Å²) in [6, 6.07) is 13.3. The Kier molecular flexibility index (Phi) is 3.76. The molecule has 0 fully saturated rings. The molecule has 2 aromatic carbocycles. The first-order valence-corrected chi connectivity index (χ1v) is 7.35. The Hall–Kier alpha value is -2.34. The van der Waals surface area contributed by atoms with Crippen molar-refractivity contribution in [1.29, 1.82) is 0 Å². The van der Waals surface area contributed by atoms with Gasteiger partial charge < -0.3 is 10.8 Å². The number of nitrogens with two attached hydrogens (primary N) is 1. The van der Waals surface area contributed by atoms with Crippen LogP contribution in [0.25, 0.3) is 0 Å². The molecular weight excluding hydrogens is 278 g/mol. The number of aliphatic carboxylic acids is 1. The summed E-state index contributed by atoms with van der Waals surface area (Å²) in [5, 5.41) is 7.64. The maximum atomic E-state index is 12.5. The minimum atomic E-state index is -4.03. The van der Waals surface area contributed by atoms with Gasteiger partial charge in [0.2, 0.25) is 0 Å². The van der Waals surface area contributed by atoms with E-state index < -0.39 is 21.1 Å². The molecule has 0 amide bonds. The zero-order chi connectivity index (χ0) is 14.8.